The molecular formula is C13H13N. The molecule has 0 amide bonds. The molecule has 0 fully saturated rings. The maximum absolute atomic E-state index is 5.90. The Morgan fingerprint density at radius 3 is 3.00 bits per heavy atom. The molecule has 0 spiro atoms. The predicted octanol–water partition coefficient (Wildman–Crippen LogP) is 2.28. The number of benzene rings is 1. The quantitative estimate of drug-likeness (QED) is 0.656. The van der Waals surface area contributed by atoms with Crippen LogP contribution in [0.1, 0.15) is 17.5 Å². The predicted molar refractivity (Wildman–Crippen MR) is 58.8 cm³/mol. The van der Waals surface area contributed by atoms with Crippen molar-refractivity contribution >= 4 is 5.57 Å². The lowest BCUT2D eigenvalue weighted by Gasteiger charge is -2.14. The molecular weight excluding hydrogens is 170 g/mol. The molecule has 14 heavy (non-hydrogen) atoms. The van der Waals surface area contributed by atoms with E-state index in [0.29, 0.717) is 0 Å². The molecule has 1 aromatic carbocycles. The van der Waals surface area contributed by atoms with Gasteiger partial charge in [-0.25, -0.2) is 0 Å². The van der Waals surface area contributed by atoms with Gasteiger partial charge in [-0.1, -0.05) is 42.0 Å². The standard InChI is InChI=1S/C13H13N/c14-11-5-6-13-10(8-11)7-9-3-1-2-4-12(9)13/h1-6,11H,7-8,14H2. The molecule has 1 nitrogen and oxygen atoms in total. The SMILES string of the molecule is NC1C=CC2=C(Cc3ccccc32)C1. The van der Waals surface area contributed by atoms with E-state index in [-0.39, 0.29) is 6.04 Å². The first-order chi connectivity index (χ1) is 6.84. The highest BCUT2D eigenvalue weighted by molar-refractivity contribution is 5.83. The van der Waals surface area contributed by atoms with Gasteiger partial charge in [0.25, 0.3) is 0 Å². The van der Waals surface area contributed by atoms with E-state index in [1.54, 1.807) is 0 Å². The summed E-state index contributed by atoms with van der Waals surface area (Å²) in [6, 6.07) is 8.87. The number of hydrogen-bond donors (Lipinski definition) is 1. The highest BCUT2D eigenvalue weighted by Gasteiger charge is 2.22. The summed E-state index contributed by atoms with van der Waals surface area (Å²) in [6.07, 6.45) is 6.43. The summed E-state index contributed by atoms with van der Waals surface area (Å²) in [5.41, 5.74) is 11.7. The molecule has 0 bridgehead atoms. The van der Waals surface area contributed by atoms with E-state index in [9.17, 15) is 0 Å². The summed E-state index contributed by atoms with van der Waals surface area (Å²) in [5.74, 6) is 0. The van der Waals surface area contributed by atoms with Crippen molar-refractivity contribution in [1.29, 1.82) is 0 Å². The van der Waals surface area contributed by atoms with E-state index < -0.39 is 0 Å². The van der Waals surface area contributed by atoms with Gasteiger partial charge in [0.2, 0.25) is 0 Å². The van der Waals surface area contributed by atoms with Gasteiger partial charge in [0.15, 0.2) is 0 Å². The number of allylic oxidation sites excluding steroid dienone is 2. The average Bonchev–Trinajstić information content (AvgIpc) is 2.54. The fourth-order valence-corrected chi connectivity index (χ4v) is 2.41. The van der Waals surface area contributed by atoms with E-state index >= 15 is 0 Å². The lowest BCUT2D eigenvalue weighted by Crippen LogP contribution is -2.19. The second-order valence-electron chi connectivity index (χ2n) is 4.08. The zero-order valence-electron chi connectivity index (χ0n) is 8.03. The monoisotopic (exact) mass is 183 g/mol. The zero-order chi connectivity index (χ0) is 9.54. The topological polar surface area (TPSA) is 26.0 Å². The Morgan fingerprint density at radius 2 is 2.07 bits per heavy atom. The van der Waals surface area contributed by atoms with Crippen LogP contribution < -0.4 is 5.73 Å². The van der Waals surface area contributed by atoms with Crippen molar-refractivity contribution in [2.75, 3.05) is 0 Å². The van der Waals surface area contributed by atoms with Gasteiger partial charge < -0.3 is 5.73 Å². The second-order valence-corrected chi connectivity index (χ2v) is 4.08. The Kier molecular flexibility index (Phi) is 1.62. The average molecular weight is 183 g/mol. The molecule has 0 radical (unpaired) electrons. The van der Waals surface area contributed by atoms with Crippen molar-refractivity contribution in [3.05, 3.63) is 53.1 Å². The van der Waals surface area contributed by atoms with Gasteiger partial charge in [-0.15, -0.1) is 0 Å². The molecule has 2 aliphatic rings. The van der Waals surface area contributed by atoms with Crippen molar-refractivity contribution in [2.45, 2.75) is 18.9 Å². The van der Waals surface area contributed by atoms with Crippen LogP contribution in [0.2, 0.25) is 0 Å². The Labute approximate surface area is 83.9 Å². The lowest BCUT2D eigenvalue weighted by molar-refractivity contribution is 0.782. The van der Waals surface area contributed by atoms with Crippen LogP contribution in [0, 0.1) is 0 Å². The van der Waals surface area contributed by atoms with Gasteiger partial charge >= 0.3 is 0 Å². The normalized spacial score (nSPS) is 23.6. The minimum absolute atomic E-state index is 0.225. The molecule has 1 atom stereocenters. The first kappa shape index (κ1) is 8.01. The maximum atomic E-state index is 5.90. The minimum atomic E-state index is 0.225. The Bertz CT molecular complexity index is 440. The molecule has 0 saturated heterocycles. The summed E-state index contributed by atoms with van der Waals surface area (Å²) in [7, 11) is 0. The van der Waals surface area contributed by atoms with Gasteiger partial charge in [0.1, 0.15) is 0 Å². The minimum Gasteiger partial charge on any atom is -0.324 e. The second kappa shape index (κ2) is 2.82. The van der Waals surface area contributed by atoms with Crippen LogP contribution in [0.3, 0.4) is 0 Å². The zero-order valence-corrected chi connectivity index (χ0v) is 8.03. The van der Waals surface area contributed by atoms with Crippen LogP contribution in [0.5, 0.6) is 0 Å². The number of hydrogen-bond acceptors (Lipinski definition) is 1. The molecule has 1 aromatic rings. The number of nitrogens with two attached hydrogens (primary N) is 1. The largest absolute Gasteiger partial charge is 0.324 e. The molecule has 2 aliphatic carbocycles. The molecule has 2 N–H and O–H groups in total. The Hall–Kier alpha value is -1.34. The lowest BCUT2D eigenvalue weighted by atomic mass is 9.95. The van der Waals surface area contributed by atoms with E-state index in [2.05, 4.69) is 36.4 Å². The highest BCUT2D eigenvalue weighted by Crippen LogP contribution is 2.37. The first-order valence-corrected chi connectivity index (χ1v) is 5.08. The van der Waals surface area contributed by atoms with Crippen LogP contribution in [-0.4, -0.2) is 6.04 Å². The van der Waals surface area contributed by atoms with Gasteiger partial charge in [-0.2, -0.15) is 0 Å². The third-order valence-corrected chi connectivity index (χ3v) is 3.08. The van der Waals surface area contributed by atoms with Gasteiger partial charge in [-0.05, 0) is 29.5 Å². The fourth-order valence-electron chi connectivity index (χ4n) is 2.41. The molecule has 1 unspecified atom stereocenters. The number of fused-ring (bicyclic) bond motifs is 2. The molecule has 3 rings (SSSR count). The van der Waals surface area contributed by atoms with Crippen LogP contribution >= 0.6 is 0 Å². The highest BCUT2D eigenvalue weighted by atomic mass is 14.6. The van der Waals surface area contributed by atoms with E-state index in [0.717, 1.165) is 12.8 Å². The van der Waals surface area contributed by atoms with Crippen molar-refractivity contribution < 1.29 is 0 Å². The van der Waals surface area contributed by atoms with Gasteiger partial charge in [-0.3, -0.25) is 0 Å². The molecule has 0 aromatic heterocycles. The van der Waals surface area contributed by atoms with Crippen molar-refractivity contribution in [2.24, 2.45) is 5.73 Å². The Balaban J connectivity index is 2.10. The molecule has 1 heteroatoms. The van der Waals surface area contributed by atoms with Crippen molar-refractivity contribution in [3.63, 3.8) is 0 Å². The molecule has 70 valence electrons. The number of rotatable bonds is 0. The van der Waals surface area contributed by atoms with Crippen molar-refractivity contribution in [1.82, 2.24) is 0 Å². The smallest absolute Gasteiger partial charge is 0.0265 e. The van der Waals surface area contributed by atoms with Gasteiger partial charge in [0, 0.05) is 6.04 Å². The maximum Gasteiger partial charge on any atom is 0.0265 e. The van der Waals surface area contributed by atoms with Crippen LogP contribution in [0.15, 0.2) is 42.0 Å². The molecule has 0 aliphatic heterocycles. The van der Waals surface area contributed by atoms with Crippen LogP contribution in [0.4, 0.5) is 0 Å². The summed E-state index contributed by atoms with van der Waals surface area (Å²) in [4.78, 5) is 0. The fraction of sp³-hybridized carbons (Fsp3) is 0.231. The van der Waals surface area contributed by atoms with Crippen LogP contribution in [-0.2, 0) is 6.42 Å². The van der Waals surface area contributed by atoms with E-state index in [1.807, 2.05) is 0 Å². The molecule has 0 heterocycles. The van der Waals surface area contributed by atoms with E-state index in [4.69, 9.17) is 5.73 Å². The van der Waals surface area contributed by atoms with E-state index in [1.165, 1.54) is 22.3 Å². The van der Waals surface area contributed by atoms with Gasteiger partial charge in [0.05, 0.1) is 0 Å². The summed E-state index contributed by atoms with van der Waals surface area (Å²) in [6.45, 7) is 0. The first-order valence-electron chi connectivity index (χ1n) is 5.08. The van der Waals surface area contributed by atoms with Crippen molar-refractivity contribution in [3.8, 4) is 0 Å². The third-order valence-electron chi connectivity index (χ3n) is 3.08. The summed E-state index contributed by atoms with van der Waals surface area (Å²) < 4.78 is 0. The van der Waals surface area contributed by atoms with Crippen LogP contribution in [0.25, 0.3) is 5.57 Å². The third kappa shape index (κ3) is 1.06. The summed E-state index contributed by atoms with van der Waals surface area (Å²) >= 11 is 0. The summed E-state index contributed by atoms with van der Waals surface area (Å²) in [5, 5.41) is 0. The Morgan fingerprint density at radius 1 is 1.21 bits per heavy atom. The molecule has 0 saturated carbocycles.